The fourth-order valence-electron chi connectivity index (χ4n) is 2.82. The zero-order valence-corrected chi connectivity index (χ0v) is 14.3. The molecule has 0 radical (unpaired) electrons. The van der Waals surface area contributed by atoms with Gasteiger partial charge in [-0.15, -0.1) is 0 Å². The van der Waals surface area contributed by atoms with Gasteiger partial charge < -0.3 is 5.32 Å². The number of aromatic nitrogens is 1. The maximum absolute atomic E-state index is 6.20. The molecule has 0 spiro atoms. The van der Waals surface area contributed by atoms with Crippen LogP contribution in [0.5, 0.6) is 0 Å². The topological polar surface area (TPSA) is 49.3 Å². The zero-order chi connectivity index (χ0) is 16.1. The van der Waals surface area contributed by atoms with E-state index in [1.54, 1.807) is 6.21 Å². The number of hydrazone groups is 1. The van der Waals surface area contributed by atoms with Gasteiger partial charge in [0.15, 0.2) is 5.11 Å². The lowest BCUT2D eigenvalue weighted by atomic mass is 9.96. The van der Waals surface area contributed by atoms with E-state index in [9.17, 15) is 0 Å². The molecule has 1 aromatic heterocycles. The zero-order valence-electron chi connectivity index (χ0n) is 12.8. The number of thiocarbonyl (C=S) groups is 1. The van der Waals surface area contributed by atoms with Crippen molar-refractivity contribution in [2.24, 2.45) is 5.10 Å². The van der Waals surface area contributed by atoms with Crippen molar-refractivity contribution in [3.05, 3.63) is 41.0 Å². The fourth-order valence-corrected chi connectivity index (χ4v) is 3.24. The standard InChI is InChI=1S/C17H19ClN4S/c18-16-13(10-12-6-4-5-9-15(12)21-16)11-19-22-17(23)20-14-7-2-1-3-8-14/h4-6,9-11,14H,1-3,7-8H2,(H2,20,22,23)/b19-11+. The van der Waals surface area contributed by atoms with Gasteiger partial charge in [0.2, 0.25) is 0 Å². The number of hydrogen-bond acceptors (Lipinski definition) is 3. The normalized spacial score (nSPS) is 15.9. The third kappa shape index (κ3) is 4.39. The second-order valence-electron chi connectivity index (χ2n) is 5.74. The van der Waals surface area contributed by atoms with Crippen LogP contribution in [0.3, 0.4) is 0 Å². The highest BCUT2D eigenvalue weighted by molar-refractivity contribution is 7.80. The number of fused-ring (bicyclic) bond motifs is 1. The highest BCUT2D eigenvalue weighted by Crippen LogP contribution is 2.19. The lowest BCUT2D eigenvalue weighted by molar-refractivity contribution is 0.412. The van der Waals surface area contributed by atoms with Gasteiger partial charge in [0, 0.05) is 17.0 Å². The molecule has 4 nitrogen and oxygen atoms in total. The predicted octanol–water partition coefficient (Wildman–Crippen LogP) is 4.02. The number of rotatable bonds is 3. The number of benzene rings is 1. The smallest absolute Gasteiger partial charge is 0.187 e. The maximum Gasteiger partial charge on any atom is 0.187 e. The van der Waals surface area contributed by atoms with Gasteiger partial charge in [-0.25, -0.2) is 4.98 Å². The molecule has 2 N–H and O–H groups in total. The number of nitrogens with zero attached hydrogens (tertiary/aromatic N) is 2. The summed E-state index contributed by atoms with van der Waals surface area (Å²) in [6.07, 6.45) is 7.85. The molecule has 0 amide bonds. The molecule has 1 aliphatic carbocycles. The van der Waals surface area contributed by atoms with Crippen LogP contribution in [0.4, 0.5) is 0 Å². The van der Waals surface area contributed by atoms with Gasteiger partial charge in [-0.3, -0.25) is 5.43 Å². The Bertz CT molecular complexity index is 726. The molecule has 1 heterocycles. The number of pyridine rings is 1. The number of hydrogen-bond donors (Lipinski definition) is 2. The van der Waals surface area contributed by atoms with Crippen LogP contribution in [0, 0.1) is 0 Å². The van der Waals surface area contributed by atoms with Crippen LogP contribution >= 0.6 is 23.8 Å². The Morgan fingerprint density at radius 2 is 2.04 bits per heavy atom. The molecular weight excluding hydrogens is 328 g/mol. The summed E-state index contributed by atoms with van der Waals surface area (Å²) in [5, 5.41) is 9.49. The summed E-state index contributed by atoms with van der Waals surface area (Å²) in [6.45, 7) is 0. The fraction of sp³-hybridized carbons (Fsp3) is 0.353. The van der Waals surface area contributed by atoms with E-state index in [4.69, 9.17) is 23.8 Å². The summed E-state index contributed by atoms with van der Waals surface area (Å²) in [4.78, 5) is 4.36. The summed E-state index contributed by atoms with van der Waals surface area (Å²) >= 11 is 11.5. The van der Waals surface area contributed by atoms with E-state index in [2.05, 4.69) is 20.8 Å². The number of nitrogens with one attached hydrogen (secondary N) is 2. The summed E-state index contributed by atoms with van der Waals surface area (Å²) in [5.41, 5.74) is 4.49. The highest BCUT2D eigenvalue weighted by Gasteiger charge is 2.13. The van der Waals surface area contributed by atoms with E-state index in [1.807, 2.05) is 30.3 Å². The highest BCUT2D eigenvalue weighted by atomic mass is 35.5. The molecule has 23 heavy (non-hydrogen) atoms. The summed E-state index contributed by atoms with van der Waals surface area (Å²) in [5.74, 6) is 0. The molecule has 0 unspecified atom stereocenters. The molecule has 0 bridgehead atoms. The summed E-state index contributed by atoms with van der Waals surface area (Å²) in [6, 6.07) is 10.3. The lowest BCUT2D eigenvalue weighted by Gasteiger charge is -2.23. The Hall–Kier alpha value is -1.72. The monoisotopic (exact) mass is 346 g/mol. The third-order valence-electron chi connectivity index (χ3n) is 4.01. The first-order valence-electron chi connectivity index (χ1n) is 7.87. The first-order chi connectivity index (χ1) is 11.2. The van der Waals surface area contributed by atoms with Gasteiger partial charge in [0.25, 0.3) is 0 Å². The third-order valence-corrected chi connectivity index (χ3v) is 4.53. The Morgan fingerprint density at radius 1 is 1.26 bits per heavy atom. The van der Waals surface area contributed by atoms with Crippen molar-refractivity contribution in [2.75, 3.05) is 0 Å². The average Bonchev–Trinajstić information content (AvgIpc) is 2.56. The molecular formula is C17H19ClN4S. The molecule has 1 aliphatic rings. The van der Waals surface area contributed by atoms with Crippen molar-refractivity contribution in [1.29, 1.82) is 0 Å². The minimum absolute atomic E-state index is 0.431. The quantitative estimate of drug-likeness (QED) is 0.381. The van der Waals surface area contributed by atoms with Crippen LogP contribution in [0.1, 0.15) is 37.7 Å². The molecule has 0 aliphatic heterocycles. The van der Waals surface area contributed by atoms with Crippen LogP contribution in [-0.2, 0) is 0 Å². The van der Waals surface area contributed by atoms with Crippen molar-refractivity contribution >= 4 is 46.0 Å². The van der Waals surface area contributed by atoms with Crippen molar-refractivity contribution in [3.8, 4) is 0 Å². The minimum atomic E-state index is 0.431. The SMILES string of the molecule is S=C(N/N=C/c1cc2ccccc2nc1Cl)NC1CCCCC1. The Balaban J connectivity index is 1.61. The van der Waals surface area contributed by atoms with Crippen LogP contribution in [0.25, 0.3) is 10.9 Å². The van der Waals surface area contributed by atoms with E-state index in [0.29, 0.717) is 16.3 Å². The lowest BCUT2D eigenvalue weighted by Crippen LogP contribution is -2.40. The molecule has 1 fully saturated rings. The Labute approximate surface area is 146 Å². The van der Waals surface area contributed by atoms with E-state index in [0.717, 1.165) is 16.5 Å². The van der Waals surface area contributed by atoms with Crippen molar-refractivity contribution in [2.45, 2.75) is 38.1 Å². The first-order valence-corrected chi connectivity index (χ1v) is 8.66. The molecule has 6 heteroatoms. The first kappa shape index (κ1) is 16.1. The molecule has 1 saturated carbocycles. The van der Waals surface area contributed by atoms with Crippen LogP contribution < -0.4 is 10.7 Å². The molecule has 120 valence electrons. The largest absolute Gasteiger partial charge is 0.359 e. The van der Waals surface area contributed by atoms with Gasteiger partial charge in [-0.1, -0.05) is 49.1 Å². The molecule has 0 atom stereocenters. The number of halogens is 1. The van der Waals surface area contributed by atoms with Gasteiger partial charge in [0.1, 0.15) is 5.15 Å². The number of para-hydroxylation sites is 1. The van der Waals surface area contributed by atoms with Crippen LogP contribution in [0.15, 0.2) is 35.4 Å². The predicted molar refractivity (Wildman–Crippen MR) is 100 cm³/mol. The average molecular weight is 347 g/mol. The van der Waals surface area contributed by atoms with Gasteiger partial charge in [-0.2, -0.15) is 5.10 Å². The van der Waals surface area contributed by atoms with E-state index in [-0.39, 0.29) is 0 Å². The van der Waals surface area contributed by atoms with Crippen LogP contribution in [-0.4, -0.2) is 22.4 Å². The Morgan fingerprint density at radius 3 is 2.87 bits per heavy atom. The summed E-state index contributed by atoms with van der Waals surface area (Å²) in [7, 11) is 0. The Kier molecular flexibility index (Phi) is 5.41. The van der Waals surface area contributed by atoms with E-state index < -0.39 is 0 Å². The van der Waals surface area contributed by atoms with Crippen molar-refractivity contribution < 1.29 is 0 Å². The van der Waals surface area contributed by atoms with Crippen molar-refractivity contribution in [1.82, 2.24) is 15.7 Å². The second kappa shape index (κ2) is 7.70. The maximum atomic E-state index is 6.20. The second-order valence-corrected chi connectivity index (χ2v) is 6.51. The van der Waals surface area contributed by atoms with Gasteiger partial charge in [-0.05, 0) is 37.2 Å². The van der Waals surface area contributed by atoms with Crippen molar-refractivity contribution in [3.63, 3.8) is 0 Å². The molecule has 0 saturated heterocycles. The van der Waals surface area contributed by atoms with E-state index in [1.165, 1.54) is 32.1 Å². The van der Waals surface area contributed by atoms with Gasteiger partial charge in [0.05, 0.1) is 11.7 Å². The van der Waals surface area contributed by atoms with E-state index >= 15 is 0 Å². The minimum Gasteiger partial charge on any atom is -0.359 e. The summed E-state index contributed by atoms with van der Waals surface area (Å²) < 4.78 is 0. The van der Waals surface area contributed by atoms with Crippen LogP contribution in [0.2, 0.25) is 5.15 Å². The molecule has 2 aromatic rings. The molecule has 1 aromatic carbocycles. The molecule has 3 rings (SSSR count). The van der Waals surface area contributed by atoms with Gasteiger partial charge >= 0.3 is 0 Å².